The number of piperazine rings is 1. The normalized spacial score (nSPS) is 19.2. The third-order valence-electron chi connectivity index (χ3n) is 8.75. The summed E-state index contributed by atoms with van der Waals surface area (Å²) in [6.45, 7) is 7.43. The van der Waals surface area contributed by atoms with Crippen molar-refractivity contribution in [3.63, 3.8) is 0 Å². The number of thioether (sulfide) groups is 1. The van der Waals surface area contributed by atoms with Crippen LogP contribution in [0.4, 0.5) is 19.0 Å². The predicted molar refractivity (Wildman–Crippen MR) is 161 cm³/mol. The minimum absolute atomic E-state index is 0.0632. The van der Waals surface area contributed by atoms with Crippen LogP contribution in [-0.2, 0) is 18.0 Å². The molecule has 43 heavy (non-hydrogen) atoms. The molecule has 7 rings (SSSR count). The zero-order valence-corrected chi connectivity index (χ0v) is 24.4. The number of hydrogen-bond acceptors (Lipinski definition) is 7. The lowest BCUT2D eigenvalue weighted by Gasteiger charge is -2.39. The van der Waals surface area contributed by atoms with E-state index in [1.165, 1.54) is 23.9 Å². The molecule has 2 saturated heterocycles. The van der Waals surface area contributed by atoms with Gasteiger partial charge in [-0.15, -0.1) is 11.8 Å². The molecular weight excluding hydrogens is 579 g/mol. The van der Waals surface area contributed by atoms with Gasteiger partial charge in [-0.2, -0.15) is 23.3 Å². The Balaban J connectivity index is 1.50. The summed E-state index contributed by atoms with van der Waals surface area (Å²) < 4.78 is 48.4. The summed E-state index contributed by atoms with van der Waals surface area (Å²) in [6, 6.07) is 6.22. The second-order valence-corrected chi connectivity index (χ2v) is 12.3. The minimum Gasteiger partial charge on any atom is -0.352 e. The van der Waals surface area contributed by atoms with Gasteiger partial charge in [0.2, 0.25) is 5.91 Å². The molecule has 4 aromatic rings. The van der Waals surface area contributed by atoms with E-state index in [0.717, 1.165) is 24.9 Å². The lowest BCUT2D eigenvalue weighted by molar-refractivity contribution is -0.137. The predicted octanol–water partition coefficient (Wildman–Crippen LogP) is 4.16. The molecule has 3 aliphatic heterocycles. The van der Waals surface area contributed by atoms with Crippen molar-refractivity contribution in [3.05, 3.63) is 59.2 Å². The topological polar surface area (TPSA) is 79.5 Å². The fourth-order valence-corrected chi connectivity index (χ4v) is 7.85. The maximum Gasteiger partial charge on any atom is 0.417 e. The van der Waals surface area contributed by atoms with Crippen LogP contribution in [0.25, 0.3) is 32.9 Å². The summed E-state index contributed by atoms with van der Waals surface area (Å²) in [5.41, 5.74) is 0.328. The molecule has 1 unspecified atom stereocenters. The highest BCUT2D eigenvalue weighted by Crippen LogP contribution is 2.51. The van der Waals surface area contributed by atoms with Gasteiger partial charge in [-0.3, -0.25) is 14.0 Å². The highest BCUT2D eigenvalue weighted by Gasteiger charge is 2.40. The van der Waals surface area contributed by atoms with Gasteiger partial charge in [0.25, 0.3) is 0 Å². The van der Waals surface area contributed by atoms with Gasteiger partial charge in [-0.05, 0) is 31.7 Å². The largest absolute Gasteiger partial charge is 0.417 e. The van der Waals surface area contributed by atoms with Crippen molar-refractivity contribution < 1.29 is 18.0 Å². The molecule has 0 N–H and O–H groups in total. The fraction of sp³-hybridized carbons (Fsp3) is 0.400. The zero-order valence-electron chi connectivity index (χ0n) is 23.6. The number of aryl methyl sites for hydroxylation is 1. The molecule has 2 aromatic carbocycles. The van der Waals surface area contributed by atoms with Crippen LogP contribution in [0.3, 0.4) is 0 Å². The number of amides is 1. The zero-order chi connectivity index (χ0) is 30.0. The van der Waals surface area contributed by atoms with E-state index in [0.29, 0.717) is 65.4 Å². The first-order chi connectivity index (χ1) is 20.7. The number of para-hydroxylation sites is 1. The highest BCUT2D eigenvalue weighted by atomic mass is 32.2. The van der Waals surface area contributed by atoms with Crippen LogP contribution >= 0.6 is 11.8 Å². The molecular formula is C30H30F3N7O2S. The number of carbonyl (C=O) groups is 1. The SMILES string of the molecule is C=CC(=O)N1CCN(c2nc(=O)n3c4c(c(-c5cccc6cnn(C)c56)c(C(F)(F)F)cc24)SCC3CN2CCC2)CC1. The monoisotopic (exact) mass is 609 g/mol. The van der Waals surface area contributed by atoms with E-state index in [2.05, 4.69) is 21.6 Å². The lowest BCUT2D eigenvalue weighted by atomic mass is 9.94. The molecule has 5 heterocycles. The van der Waals surface area contributed by atoms with Crippen molar-refractivity contribution in [1.82, 2.24) is 29.1 Å². The molecule has 0 aliphatic carbocycles. The Morgan fingerprint density at radius 1 is 1.14 bits per heavy atom. The van der Waals surface area contributed by atoms with Gasteiger partial charge < -0.3 is 14.7 Å². The summed E-state index contributed by atoms with van der Waals surface area (Å²) in [7, 11) is 1.72. The molecule has 0 saturated carbocycles. The number of carbonyl (C=O) groups excluding carboxylic acids is 1. The summed E-state index contributed by atoms with van der Waals surface area (Å²) in [4.78, 5) is 36.6. The number of nitrogens with zero attached hydrogens (tertiary/aromatic N) is 7. The van der Waals surface area contributed by atoms with Crippen molar-refractivity contribution in [2.45, 2.75) is 23.5 Å². The van der Waals surface area contributed by atoms with E-state index >= 15 is 13.2 Å². The second kappa shape index (κ2) is 10.4. The first-order valence-corrected chi connectivity index (χ1v) is 15.3. The first-order valence-electron chi connectivity index (χ1n) is 14.3. The van der Waals surface area contributed by atoms with Crippen LogP contribution < -0.4 is 10.6 Å². The number of hydrogen-bond donors (Lipinski definition) is 0. The Morgan fingerprint density at radius 3 is 2.58 bits per heavy atom. The molecule has 1 atom stereocenters. The Hall–Kier alpha value is -3.84. The van der Waals surface area contributed by atoms with Crippen molar-refractivity contribution in [2.75, 3.05) is 56.5 Å². The van der Waals surface area contributed by atoms with Gasteiger partial charge in [0.05, 0.1) is 28.8 Å². The van der Waals surface area contributed by atoms with Crippen molar-refractivity contribution in [2.24, 2.45) is 7.05 Å². The smallest absolute Gasteiger partial charge is 0.352 e. The maximum atomic E-state index is 15.1. The number of rotatable bonds is 5. The van der Waals surface area contributed by atoms with Crippen LogP contribution in [0, 0.1) is 0 Å². The van der Waals surface area contributed by atoms with Crippen molar-refractivity contribution >= 4 is 45.3 Å². The minimum atomic E-state index is -4.68. The molecule has 13 heteroatoms. The van der Waals surface area contributed by atoms with Gasteiger partial charge in [0.1, 0.15) is 5.82 Å². The number of halogens is 3. The van der Waals surface area contributed by atoms with Gasteiger partial charge in [-0.1, -0.05) is 24.8 Å². The Kier molecular flexibility index (Phi) is 6.77. The van der Waals surface area contributed by atoms with E-state index in [1.807, 2.05) is 11.0 Å². The molecule has 1 amide bonds. The second-order valence-electron chi connectivity index (χ2n) is 11.3. The number of likely N-dealkylation sites (tertiary alicyclic amines) is 1. The summed E-state index contributed by atoms with van der Waals surface area (Å²) >= 11 is 1.38. The van der Waals surface area contributed by atoms with E-state index in [9.17, 15) is 9.59 Å². The highest BCUT2D eigenvalue weighted by molar-refractivity contribution is 7.99. The van der Waals surface area contributed by atoms with Crippen LogP contribution in [0.15, 0.2) is 52.8 Å². The number of fused-ring (bicyclic) bond motifs is 1. The summed E-state index contributed by atoms with van der Waals surface area (Å²) in [6.07, 6.45) is -0.697. The van der Waals surface area contributed by atoms with Gasteiger partial charge >= 0.3 is 11.9 Å². The number of aromatic nitrogens is 4. The van der Waals surface area contributed by atoms with E-state index in [1.54, 1.807) is 39.5 Å². The lowest BCUT2D eigenvalue weighted by Crippen LogP contribution is -2.49. The molecule has 0 spiro atoms. The van der Waals surface area contributed by atoms with E-state index in [-0.39, 0.29) is 23.3 Å². The van der Waals surface area contributed by atoms with Crippen LogP contribution in [0.5, 0.6) is 0 Å². The van der Waals surface area contributed by atoms with E-state index < -0.39 is 17.4 Å². The molecule has 9 nitrogen and oxygen atoms in total. The van der Waals surface area contributed by atoms with Crippen LogP contribution in [0.2, 0.25) is 0 Å². The summed E-state index contributed by atoms with van der Waals surface area (Å²) in [5, 5.41) is 5.35. The van der Waals surface area contributed by atoms with Gasteiger partial charge in [0.15, 0.2) is 0 Å². The molecule has 2 fully saturated rings. The average molecular weight is 610 g/mol. The average Bonchev–Trinajstić information content (AvgIpc) is 3.36. The number of anilines is 1. The maximum absolute atomic E-state index is 15.1. The van der Waals surface area contributed by atoms with Crippen molar-refractivity contribution in [1.29, 1.82) is 0 Å². The quantitative estimate of drug-likeness (QED) is 0.315. The number of alkyl halides is 3. The Morgan fingerprint density at radius 2 is 1.91 bits per heavy atom. The fourth-order valence-electron chi connectivity index (χ4n) is 6.52. The van der Waals surface area contributed by atoms with Gasteiger partial charge in [-0.25, -0.2) is 4.79 Å². The Bertz CT molecular complexity index is 1840. The summed E-state index contributed by atoms with van der Waals surface area (Å²) in [5.74, 6) is 0.477. The van der Waals surface area contributed by atoms with E-state index in [4.69, 9.17) is 0 Å². The third kappa shape index (κ3) is 4.60. The molecule has 3 aliphatic rings. The molecule has 2 aromatic heterocycles. The third-order valence-corrected chi connectivity index (χ3v) is 9.99. The van der Waals surface area contributed by atoms with Gasteiger partial charge in [0, 0.05) is 72.3 Å². The standard InChI is InChI=1S/C30H30F3N7O2S/c1-3-23(41)38-10-12-39(13-11-38)28-21-14-22(30(31,32)33)24(20-7-4-6-18-15-34-36(2)25(18)20)27-26(21)40(29(42)35-28)19(17-43-27)16-37-8-5-9-37/h3-4,6-7,14-15,19H,1,5,8-13,16-17H2,2H3. The Labute approximate surface area is 249 Å². The van der Waals surface area contributed by atoms with Crippen LogP contribution in [-0.4, -0.2) is 86.6 Å². The van der Waals surface area contributed by atoms with Crippen LogP contribution in [0.1, 0.15) is 18.0 Å². The molecule has 0 bridgehead atoms. The number of benzene rings is 2. The molecule has 0 radical (unpaired) electrons. The first kappa shape index (κ1) is 28.0. The molecule has 224 valence electrons. The van der Waals surface area contributed by atoms with Crippen molar-refractivity contribution in [3.8, 4) is 11.1 Å².